The molecular formula is C15H22O5. The Morgan fingerprint density at radius 2 is 2.10 bits per heavy atom. The molecule has 6 atom stereocenters. The van der Waals surface area contributed by atoms with Crippen molar-refractivity contribution in [2.45, 2.75) is 64.3 Å². The molecule has 1 heterocycles. The van der Waals surface area contributed by atoms with Crippen LogP contribution in [0.2, 0.25) is 0 Å². The van der Waals surface area contributed by atoms with Crippen LogP contribution in [0.4, 0.5) is 0 Å². The van der Waals surface area contributed by atoms with Crippen LogP contribution in [0.25, 0.3) is 0 Å². The van der Waals surface area contributed by atoms with Gasteiger partial charge >= 0.3 is 11.9 Å². The SMILES string of the molecule is CC(=O)O[C@@]1(C)C[C@H]2C(=O)O[C@H]3CC[C@]1(C)[C@]2(O)[C@@H]3C. The van der Waals surface area contributed by atoms with E-state index in [1.165, 1.54) is 6.92 Å². The number of carbonyl (C=O) groups is 2. The Morgan fingerprint density at radius 3 is 2.70 bits per heavy atom. The zero-order valence-electron chi connectivity index (χ0n) is 12.4. The summed E-state index contributed by atoms with van der Waals surface area (Å²) in [6.45, 7) is 7.08. The summed E-state index contributed by atoms with van der Waals surface area (Å²) >= 11 is 0. The Bertz CT molecular complexity index is 489. The maximum absolute atomic E-state index is 12.2. The average molecular weight is 282 g/mol. The summed E-state index contributed by atoms with van der Waals surface area (Å²) in [6, 6.07) is 0. The number of hydrogen-bond acceptors (Lipinski definition) is 5. The molecule has 0 spiro atoms. The highest BCUT2D eigenvalue weighted by molar-refractivity contribution is 5.77. The number of hydrogen-bond donors (Lipinski definition) is 1. The summed E-state index contributed by atoms with van der Waals surface area (Å²) in [5.74, 6) is -1.47. The molecule has 0 aromatic rings. The van der Waals surface area contributed by atoms with Gasteiger partial charge in [-0.2, -0.15) is 0 Å². The van der Waals surface area contributed by atoms with Crippen LogP contribution in [-0.4, -0.2) is 34.4 Å². The predicted molar refractivity (Wildman–Crippen MR) is 69.6 cm³/mol. The minimum atomic E-state index is -1.16. The second-order valence-corrected chi connectivity index (χ2v) is 7.04. The summed E-state index contributed by atoms with van der Waals surface area (Å²) in [4.78, 5) is 23.7. The minimum Gasteiger partial charge on any atom is -0.462 e. The van der Waals surface area contributed by atoms with Crippen molar-refractivity contribution in [1.82, 2.24) is 0 Å². The maximum Gasteiger partial charge on any atom is 0.312 e. The summed E-state index contributed by atoms with van der Waals surface area (Å²) in [7, 11) is 0. The van der Waals surface area contributed by atoms with Gasteiger partial charge in [0, 0.05) is 24.7 Å². The topological polar surface area (TPSA) is 72.8 Å². The zero-order valence-corrected chi connectivity index (χ0v) is 12.4. The molecule has 5 heteroatoms. The minimum absolute atomic E-state index is 0.138. The molecule has 20 heavy (non-hydrogen) atoms. The van der Waals surface area contributed by atoms with Crippen LogP contribution in [0.15, 0.2) is 0 Å². The molecule has 0 aromatic heterocycles. The third-order valence-electron chi connectivity index (χ3n) is 6.28. The first-order chi connectivity index (χ1) is 9.16. The molecule has 0 amide bonds. The van der Waals surface area contributed by atoms with Crippen molar-refractivity contribution in [3.63, 3.8) is 0 Å². The van der Waals surface area contributed by atoms with Crippen LogP contribution < -0.4 is 0 Å². The highest BCUT2D eigenvalue weighted by Crippen LogP contribution is 2.67. The van der Waals surface area contributed by atoms with Gasteiger partial charge in [-0.15, -0.1) is 0 Å². The van der Waals surface area contributed by atoms with Gasteiger partial charge in [-0.3, -0.25) is 9.59 Å². The fraction of sp³-hybridized carbons (Fsp3) is 0.867. The molecule has 3 rings (SSSR count). The average Bonchev–Trinajstić information content (AvgIpc) is 2.53. The fourth-order valence-electron chi connectivity index (χ4n) is 4.95. The first kappa shape index (κ1) is 13.9. The first-order valence-electron chi connectivity index (χ1n) is 7.28. The number of aliphatic hydroxyl groups is 1. The largest absolute Gasteiger partial charge is 0.462 e. The molecule has 0 radical (unpaired) electrons. The molecule has 1 aliphatic heterocycles. The second kappa shape index (κ2) is 3.75. The van der Waals surface area contributed by atoms with Crippen LogP contribution in [0.1, 0.15) is 47.0 Å². The summed E-state index contributed by atoms with van der Waals surface area (Å²) in [5.41, 5.74) is -2.61. The van der Waals surface area contributed by atoms with Crippen molar-refractivity contribution >= 4 is 11.9 Å². The quantitative estimate of drug-likeness (QED) is 0.736. The fourth-order valence-corrected chi connectivity index (χ4v) is 4.95. The Balaban J connectivity index is 2.13. The summed E-state index contributed by atoms with van der Waals surface area (Å²) < 4.78 is 11.0. The van der Waals surface area contributed by atoms with E-state index in [9.17, 15) is 14.7 Å². The van der Waals surface area contributed by atoms with Crippen molar-refractivity contribution in [1.29, 1.82) is 0 Å². The van der Waals surface area contributed by atoms with Gasteiger partial charge in [0.1, 0.15) is 11.7 Å². The Hall–Kier alpha value is -1.10. The van der Waals surface area contributed by atoms with Crippen molar-refractivity contribution in [2.75, 3.05) is 0 Å². The van der Waals surface area contributed by atoms with Crippen molar-refractivity contribution in [3.8, 4) is 0 Å². The standard InChI is InChI=1S/C15H22O5/c1-8-11-5-6-13(3)14(4,20-9(2)16)7-10(12(17)19-11)15(8,13)18/h8,10-11,18H,5-7H2,1-4H3/t8-,10+,11+,13+,14+,15+/m1/s1. The van der Waals surface area contributed by atoms with Gasteiger partial charge in [-0.1, -0.05) is 13.8 Å². The van der Waals surface area contributed by atoms with Gasteiger partial charge in [0.2, 0.25) is 0 Å². The molecule has 0 unspecified atom stereocenters. The van der Waals surface area contributed by atoms with E-state index in [-0.39, 0.29) is 24.0 Å². The van der Waals surface area contributed by atoms with Crippen LogP contribution >= 0.6 is 0 Å². The second-order valence-electron chi connectivity index (χ2n) is 7.04. The van der Waals surface area contributed by atoms with E-state index in [0.29, 0.717) is 19.3 Å². The predicted octanol–water partition coefficient (Wildman–Crippen LogP) is 1.42. The van der Waals surface area contributed by atoms with E-state index < -0.39 is 22.5 Å². The third-order valence-corrected chi connectivity index (χ3v) is 6.28. The molecule has 2 bridgehead atoms. The number of esters is 2. The van der Waals surface area contributed by atoms with Gasteiger partial charge in [0.15, 0.2) is 0 Å². The van der Waals surface area contributed by atoms with Crippen molar-refractivity contribution in [2.24, 2.45) is 17.3 Å². The smallest absolute Gasteiger partial charge is 0.312 e. The van der Waals surface area contributed by atoms with Crippen LogP contribution in [0.3, 0.4) is 0 Å². The lowest BCUT2D eigenvalue weighted by Crippen LogP contribution is -2.67. The van der Waals surface area contributed by atoms with Gasteiger partial charge in [0.25, 0.3) is 0 Å². The lowest BCUT2D eigenvalue weighted by atomic mass is 9.54. The van der Waals surface area contributed by atoms with Gasteiger partial charge < -0.3 is 14.6 Å². The Labute approximate surface area is 118 Å². The molecular weight excluding hydrogens is 260 g/mol. The molecule has 1 N–H and O–H groups in total. The Kier molecular flexibility index (Phi) is 2.60. The number of rotatable bonds is 1. The number of carbonyl (C=O) groups excluding carboxylic acids is 2. The summed E-state index contributed by atoms with van der Waals surface area (Å²) in [5, 5.41) is 11.4. The van der Waals surface area contributed by atoms with E-state index in [0.717, 1.165) is 0 Å². The van der Waals surface area contributed by atoms with Crippen LogP contribution in [0.5, 0.6) is 0 Å². The highest BCUT2D eigenvalue weighted by atomic mass is 16.6. The van der Waals surface area contributed by atoms with Crippen LogP contribution in [-0.2, 0) is 19.1 Å². The zero-order chi connectivity index (χ0) is 14.9. The van der Waals surface area contributed by atoms with Crippen LogP contribution in [0, 0.1) is 17.3 Å². The lowest BCUT2D eigenvalue weighted by molar-refractivity contribution is -0.251. The van der Waals surface area contributed by atoms with E-state index >= 15 is 0 Å². The Morgan fingerprint density at radius 1 is 1.45 bits per heavy atom. The summed E-state index contributed by atoms with van der Waals surface area (Å²) in [6.07, 6.45) is 1.49. The van der Waals surface area contributed by atoms with Gasteiger partial charge in [0.05, 0.1) is 11.5 Å². The van der Waals surface area contributed by atoms with Crippen molar-refractivity contribution in [3.05, 3.63) is 0 Å². The van der Waals surface area contributed by atoms with E-state index in [4.69, 9.17) is 9.47 Å². The molecule has 3 aliphatic rings. The van der Waals surface area contributed by atoms with Gasteiger partial charge in [-0.05, 0) is 19.8 Å². The van der Waals surface area contributed by atoms with Crippen molar-refractivity contribution < 1.29 is 24.2 Å². The number of ether oxygens (including phenoxy) is 2. The van der Waals surface area contributed by atoms with E-state index in [2.05, 4.69) is 0 Å². The third kappa shape index (κ3) is 1.32. The molecule has 1 saturated heterocycles. The molecule has 5 nitrogen and oxygen atoms in total. The molecule has 3 fully saturated rings. The molecule has 2 aliphatic carbocycles. The first-order valence-corrected chi connectivity index (χ1v) is 7.28. The molecule has 112 valence electrons. The van der Waals surface area contributed by atoms with E-state index in [1.807, 2.05) is 20.8 Å². The maximum atomic E-state index is 12.2. The van der Waals surface area contributed by atoms with Gasteiger partial charge in [-0.25, -0.2) is 0 Å². The normalized spacial score (nSPS) is 53.5. The number of fused-ring (bicyclic) bond motifs is 1. The highest BCUT2D eigenvalue weighted by Gasteiger charge is 2.77. The monoisotopic (exact) mass is 282 g/mol. The molecule has 2 saturated carbocycles. The lowest BCUT2D eigenvalue weighted by Gasteiger charge is -2.57. The molecule has 0 aromatic carbocycles. The van der Waals surface area contributed by atoms with E-state index in [1.54, 1.807) is 0 Å².